The number of hydrogen-bond donors (Lipinski definition) is 0. The van der Waals surface area contributed by atoms with Crippen LogP contribution in [0, 0.1) is 5.41 Å². The van der Waals surface area contributed by atoms with Gasteiger partial charge in [0, 0.05) is 19.4 Å². The number of hydrogen-bond acceptors (Lipinski definition) is 6. The van der Waals surface area contributed by atoms with Gasteiger partial charge in [0.1, 0.15) is 11.4 Å². The fraction of sp³-hybridized carbons (Fsp3) is 0.533. The number of aromatic nitrogens is 1. The molecule has 1 aromatic heterocycles. The van der Waals surface area contributed by atoms with Crippen molar-refractivity contribution in [3.63, 3.8) is 0 Å². The second-order valence-electron chi connectivity index (χ2n) is 9.87. The topological polar surface area (TPSA) is 91.7 Å². The zero-order valence-electron chi connectivity index (χ0n) is 22.6. The van der Waals surface area contributed by atoms with E-state index in [4.69, 9.17) is 9.47 Å². The van der Waals surface area contributed by atoms with E-state index < -0.39 is 17.4 Å². The number of rotatable bonds is 12. The van der Waals surface area contributed by atoms with Crippen LogP contribution in [0.2, 0.25) is 0 Å². The van der Waals surface area contributed by atoms with Gasteiger partial charge in [-0.15, -0.1) is 0 Å². The second kappa shape index (κ2) is 12.8. The van der Waals surface area contributed by atoms with Gasteiger partial charge >= 0.3 is 11.9 Å². The molecule has 2 aromatic rings. The molecule has 0 saturated carbocycles. The van der Waals surface area contributed by atoms with Crippen LogP contribution in [-0.4, -0.2) is 41.3 Å². The highest BCUT2D eigenvalue weighted by Crippen LogP contribution is 2.45. The molecule has 0 bridgehead atoms. The largest absolute Gasteiger partial charge is 0.461 e. The van der Waals surface area contributed by atoms with Crippen LogP contribution in [0.15, 0.2) is 30.3 Å². The Morgan fingerprint density at radius 1 is 0.784 bits per heavy atom. The Labute approximate surface area is 219 Å². The molecule has 1 aliphatic carbocycles. The van der Waals surface area contributed by atoms with Crippen molar-refractivity contribution in [3.8, 4) is 0 Å². The minimum absolute atomic E-state index is 0.0114. The quantitative estimate of drug-likeness (QED) is 0.242. The van der Waals surface area contributed by atoms with Gasteiger partial charge in [-0.3, -0.25) is 9.59 Å². The number of esters is 2. The van der Waals surface area contributed by atoms with E-state index in [2.05, 4.69) is 13.8 Å². The number of unbranched alkanes of at least 4 members (excludes halogenated alkanes) is 2. The number of carbonyl (C=O) groups is 4. The third-order valence-electron chi connectivity index (χ3n) is 7.13. The predicted octanol–water partition coefficient (Wildman–Crippen LogP) is 6.42. The number of fused-ring (bicyclic) bond motifs is 1. The predicted molar refractivity (Wildman–Crippen MR) is 141 cm³/mol. The molecule has 0 atom stereocenters. The van der Waals surface area contributed by atoms with Crippen LogP contribution in [-0.2, 0) is 16.0 Å². The van der Waals surface area contributed by atoms with Crippen molar-refractivity contribution >= 4 is 23.5 Å². The van der Waals surface area contributed by atoms with Crippen molar-refractivity contribution < 1.29 is 28.7 Å². The van der Waals surface area contributed by atoms with Crippen molar-refractivity contribution in [2.75, 3.05) is 13.2 Å². The Bertz CT molecular complexity index is 1060. The van der Waals surface area contributed by atoms with E-state index >= 15 is 0 Å². The molecule has 0 unspecified atom stereocenters. The average molecular weight is 510 g/mol. The van der Waals surface area contributed by atoms with E-state index in [0.29, 0.717) is 0 Å². The van der Waals surface area contributed by atoms with Gasteiger partial charge in [-0.25, -0.2) is 9.59 Å². The van der Waals surface area contributed by atoms with Crippen LogP contribution in [0.3, 0.4) is 0 Å². The summed E-state index contributed by atoms with van der Waals surface area (Å²) >= 11 is 0. The molecule has 0 aliphatic heterocycles. The molecule has 3 rings (SSSR count). The van der Waals surface area contributed by atoms with Crippen molar-refractivity contribution in [2.24, 2.45) is 5.41 Å². The lowest BCUT2D eigenvalue weighted by atomic mass is 9.72. The first-order valence-corrected chi connectivity index (χ1v) is 13.5. The molecule has 0 amide bonds. The SMILES string of the molecule is CCCCC1(CCCC)CC(=O)c2c(c(C(=O)OCC)n(Cc3ccccc3)c2C(=O)OCC)C(=O)C1. The maximum absolute atomic E-state index is 14.0. The Hall–Kier alpha value is -3.22. The fourth-order valence-electron chi connectivity index (χ4n) is 5.41. The molecule has 7 nitrogen and oxygen atoms in total. The van der Waals surface area contributed by atoms with E-state index in [1.165, 1.54) is 4.57 Å². The van der Waals surface area contributed by atoms with Crippen molar-refractivity contribution in [3.05, 3.63) is 58.4 Å². The van der Waals surface area contributed by atoms with Gasteiger partial charge < -0.3 is 14.0 Å². The first kappa shape index (κ1) is 28.4. The summed E-state index contributed by atoms with van der Waals surface area (Å²) in [5.41, 5.74) is 0.264. The second-order valence-corrected chi connectivity index (χ2v) is 9.87. The van der Waals surface area contributed by atoms with Gasteiger partial charge in [-0.05, 0) is 37.7 Å². The molecular weight excluding hydrogens is 470 g/mol. The molecule has 7 heteroatoms. The summed E-state index contributed by atoms with van der Waals surface area (Å²) in [6.07, 6.45) is 5.53. The van der Waals surface area contributed by atoms with Gasteiger partial charge in [0.05, 0.1) is 24.3 Å². The van der Waals surface area contributed by atoms with Gasteiger partial charge in [-0.2, -0.15) is 0 Å². The number of ketones is 2. The highest BCUT2D eigenvalue weighted by atomic mass is 16.5. The number of ether oxygens (including phenoxy) is 2. The van der Waals surface area contributed by atoms with Gasteiger partial charge in [0.25, 0.3) is 0 Å². The van der Waals surface area contributed by atoms with E-state index in [0.717, 1.165) is 44.1 Å². The van der Waals surface area contributed by atoms with Gasteiger partial charge in [0.2, 0.25) is 0 Å². The normalized spacial score (nSPS) is 14.7. The zero-order chi connectivity index (χ0) is 27.0. The van der Waals surface area contributed by atoms with E-state index in [9.17, 15) is 19.2 Å². The van der Waals surface area contributed by atoms with Crippen molar-refractivity contribution in [1.29, 1.82) is 0 Å². The third kappa shape index (κ3) is 6.20. The van der Waals surface area contributed by atoms with Crippen molar-refractivity contribution in [1.82, 2.24) is 4.57 Å². The van der Waals surface area contributed by atoms with Crippen LogP contribution in [0.4, 0.5) is 0 Å². The zero-order valence-corrected chi connectivity index (χ0v) is 22.6. The maximum Gasteiger partial charge on any atom is 0.355 e. The Morgan fingerprint density at radius 2 is 1.24 bits per heavy atom. The number of benzene rings is 1. The molecule has 1 aliphatic rings. The summed E-state index contributed by atoms with van der Waals surface area (Å²) in [6, 6.07) is 9.29. The van der Waals surface area contributed by atoms with Crippen LogP contribution >= 0.6 is 0 Å². The van der Waals surface area contributed by atoms with Gasteiger partial charge in [-0.1, -0.05) is 69.9 Å². The minimum Gasteiger partial charge on any atom is -0.461 e. The number of Topliss-reactive ketones (excluding diaryl/α,β-unsaturated/α-hetero) is 2. The first-order valence-electron chi connectivity index (χ1n) is 13.5. The summed E-state index contributed by atoms with van der Waals surface area (Å²) in [5.74, 6) is -2.01. The van der Waals surface area contributed by atoms with Crippen LogP contribution in [0.25, 0.3) is 0 Å². The Balaban J connectivity index is 2.28. The standard InChI is InChI=1S/C30H39NO6/c1-5-9-16-30(17-10-6-2)18-22(32)24-25(23(33)19-30)27(29(35)37-8-4)31(26(24)28(34)36-7-3)20-21-14-12-11-13-15-21/h11-15H,5-10,16-20H2,1-4H3. The highest BCUT2D eigenvalue weighted by molar-refractivity contribution is 6.20. The molecule has 0 spiro atoms. The maximum atomic E-state index is 14.0. The molecule has 0 fully saturated rings. The Kier molecular flexibility index (Phi) is 9.84. The van der Waals surface area contributed by atoms with Gasteiger partial charge in [0.15, 0.2) is 11.6 Å². The Morgan fingerprint density at radius 3 is 1.65 bits per heavy atom. The molecule has 1 aromatic carbocycles. The molecule has 37 heavy (non-hydrogen) atoms. The number of nitrogens with zero attached hydrogens (tertiary/aromatic N) is 1. The molecule has 0 N–H and O–H groups in total. The van der Waals surface area contributed by atoms with Crippen LogP contribution < -0.4 is 0 Å². The molecule has 0 radical (unpaired) electrons. The van der Waals surface area contributed by atoms with Crippen molar-refractivity contribution in [2.45, 2.75) is 85.6 Å². The van der Waals surface area contributed by atoms with E-state index in [1.807, 2.05) is 30.3 Å². The van der Waals surface area contributed by atoms with E-state index in [-0.39, 0.29) is 66.7 Å². The van der Waals surface area contributed by atoms with E-state index in [1.54, 1.807) is 13.8 Å². The lowest BCUT2D eigenvalue weighted by molar-refractivity contribution is 0.0497. The summed E-state index contributed by atoms with van der Waals surface area (Å²) in [7, 11) is 0. The van der Waals surface area contributed by atoms with Crippen LogP contribution in [0.1, 0.15) is 126 Å². The summed E-state index contributed by atoms with van der Waals surface area (Å²) in [6.45, 7) is 7.85. The summed E-state index contributed by atoms with van der Waals surface area (Å²) < 4.78 is 12.2. The first-order chi connectivity index (χ1) is 17.8. The van der Waals surface area contributed by atoms with Crippen LogP contribution in [0.5, 0.6) is 0 Å². The smallest absolute Gasteiger partial charge is 0.355 e. The molecule has 200 valence electrons. The highest BCUT2D eigenvalue weighted by Gasteiger charge is 2.45. The summed E-state index contributed by atoms with van der Waals surface area (Å²) in [5, 5.41) is 0. The fourth-order valence-corrected chi connectivity index (χ4v) is 5.41. The molecular formula is C30H39NO6. The third-order valence-corrected chi connectivity index (χ3v) is 7.13. The lowest BCUT2D eigenvalue weighted by Gasteiger charge is -2.32. The lowest BCUT2D eigenvalue weighted by Crippen LogP contribution is -2.27. The molecule has 1 heterocycles. The molecule has 0 saturated heterocycles. The minimum atomic E-state index is -0.721. The number of carbonyl (C=O) groups excluding carboxylic acids is 4. The monoisotopic (exact) mass is 509 g/mol. The summed E-state index contributed by atoms with van der Waals surface area (Å²) in [4.78, 5) is 54.7. The average Bonchev–Trinajstić information content (AvgIpc) is 3.17.